The summed E-state index contributed by atoms with van der Waals surface area (Å²) in [5.74, 6) is -0.271. The highest BCUT2D eigenvalue weighted by Crippen LogP contribution is 2.28. The number of sulfonamides is 1. The molecule has 1 atom stereocenters. The number of nitrogens with one attached hydrogen (secondary N) is 2. The minimum absolute atomic E-state index is 0.214. The van der Waals surface area contributed by atoms with E-state index >= 15 is 0 Å². The molecule has 0 radical (unpaired) electrons. The van der Waals surface area contributed by atoms with E-state index in [9.17, 15) is 13.2 Å². The lowest BCUT2D eigenvalue weighted by Crippen LogP contribution is -2.40. The number of amides is 1. The van der Waals surface area contributed by atoms with Gasteiger partial charge in [-0.05, 0) is 60.3 Å². The topological polar surface area (TPSA) is 78.5 Å². The monoisotopic (exact) mass is 443 g/mol. The van der Waals surface area contributed by atoms with Crippen LogP contribution in [0, 0.1) is 0 Å². The largest absolute Gasteiger partial charge is 0.350 e. The van der Waals surface area contributed by atoms with E-state index in [2.05, 4.69) is 21.9 Å². The number of fused-ring (bicyclic) bond motifs is 1. The van der Waals surface area contributed by atoms with Gasteiger partial charge in [0.05, 0.1) is 11.3 Å². The van der Waals surface area contributed by atoms with Crippen LogP contribution in [0.25, 0.3) is 10.8 Å². The number of carbonyl (C=O) groups is 1. The van der Waals surface area contributed by atoms with Crippen LogP contribution in [-0.2, 0) is 10.0 Å². The Kier molecular flexibility index (Phi) is 6.08. The Bertz CT molecular complexity index is 1140. The predicted molar refractivity (Wildman–Crippen MR) is 122 cm³/mol. The second-order valence-electron chi connectivity index (χ2n) is 7.42. The van der Waals surface area contributed by atoms with Gasteiger partial charge in [-0.25, -0.2) is 8.42 Å². The van der Waals surface area contributed by atoms with Crippen molar-refractivity contribution in [3.63, 3.8) is 0 Å². The van der Waals surface area contributed by atoms with Gasteiger partial charge in [0.15, 0.2) is 0 Å². The van der Waals surface area contributed by atoms with Crippen molar-refractivity contribution in [2.45, 2.75) is 30.0 Å². The number of likely N-dealkylation sites (tertiary alicyclic amines) is 1. The summed E-state index contributed by atoms with van der Waals surface area (Å²) >= 11 is 1.14. The zero-order chi connectivity index (χ0) is 21.1. The van der Waals surface area contributed by atoms with Crippen molar-refractivity contribution in [3.8, 4) is 0 Å². The average Bonchev–Trinajstić information content (AvgIpc) is 3.43. The van der Waals surface area contributed by atoms with Gasteiger partial charge in [-0.2, -0.15) is 0 Å². The maximum Gasteiger partial charge on any atom is 0.271 e. The molecule has 0 saturated carbocycles. The predicted octanol–water partition coefficient (Wildman–Crippen LogP) is 3.92. The fraction of sp³-hybridized carbons (Fsp3) is 0.318. The van der Waals surface area contributed by atoms with Gasteiger partial charge in [-0.1, -0.05) is 37.3 Å². The summed E-state index contributed by atoms with van der Waals surface area (Å²) in [4.78, 5) is 15.4. The minimum Gasteiger partial charge on any atom is -0.350 e. The van der Waals surface area contributed by atoms with Gasteiger partial charge in [0, 0.05) is 12.6 Å². The van der Waals surface area contributed by atoms with Crippen LogP contribution in [0.2, 0.25) is 0 Å². The molecule has 6 nitrogen and oxygen atoms in total. The molecule has 0 unspecified atom stereocenters. The second kappa shape index (κ2) is 8.75. The van der Waals surface area contributed by atoms with Gasteiger partial charge in [-0.3, -0.25) is 14.4 Å². The molecule has 4 rings (SSSR count). The van der Waals surface area contributed by atoms with Gasteiger partial charge < -0.3 is 5.32 Å². The fourth-order valence-corrected chi connectivity index (χ4v) is 6.04. The molecule has 1 saturated heterocycles. The first-order valence-electron chi connectivity index (χ1n) is 10.1. The molecule has 0 bridgehead atoms. The van der Waals surface area contributed by atoms with Crippen molar-refractivity contribution in [2.24, 2.45) is 0 Å². The van der Waals surface area contributed by atoms with Crippen molar-refractivity contribution in [1.29, 1.82) is 0 Å². The standard InChI is InChI=1S/C22H25N3O3S2/c1-2-25-11-5-9-18(25)15-23-22(26)19-13-16-7-3-4-8-17(16)14-20(19)24-30(27,28)21-10-6-12-29-21/h3-4,6-8,10,12-14,18,24H,2,5,9,11,15H2,1H3,(H,23,26)/t18-/m0/s1. The Balaban J connectivity index is 1.63. The number of hydrogen-bond acceptors (Lipinski definition) is 5. The third kappa shape index (κ3) is 4.35. The summed E-state index contributed by atoms with van der Waals surface area (Å²) in [7, 11) is -3.76. The molecule has 0 spiro atoms. The van der Waals surface area contributed by atoms with E-state index in [1.165, 1.54) is 0 Å². The van der Waals surface area contributed by atoms with Gasteiger partial charge in [-0.15, -0.1) is 11.3 Å². The first-order chi connectivity index (χ1) is 14.5. The highest BCUT2D eigenvalue weighted by molar-refractivity contribution is 7.94. The summed E-state index contributed by atoms with van der Waals surface area (Å²) in [5.41, 5.74) is 0.619. The smallest absolute Gasteiger partial charge is 0.271 e. The summed E-state index contributed by atoms with van der Waals surface area (Å²) in [5, 5.41) is 6.48. The van der Waals surface area contributed by atoms with Crippen LogP contribution in [0.4, 0.5) is 5.69 Å². The van der Waals surface area contributed by atoms with E-state index in [0.29, 0.717) is 23.8 Å². The van der Waals surface area contributed by atoms with Crippen LogP contribution in [0.15, 0.2) is 58.1 Å². The van der Waals surface area contributed by atoms with Crippen LogP contribution in [-0.4, -0.2) is 44.9 Å². The molecule has 2 aromatic carbocycles. The summed E-state index contributed by atoms with van der Waals surface area (Å²) in [6, 6.07) is 14.6. The quantitative estimate of drug-likeness (QED) is 0.580. The van der Waals surface area contributed by atoms with Gasteiger partial charge in [0.2, 0.25) is 0 Å². The van der Waals surface area contributed by atoms with E-state index < -0.39 is 10.0 Å². The Hall–Kier alpha value is -2.42. The third-order valence-electron chi connectivity index (χ3n) is 5.54. The minimum atomic E-state index is -3.76. The zero-order valence-corrected chi connectivity index (χ0v) is 18.4. The van der Waals surface area contributed by atoms with Crippen LogP contribution in [0.5, 0.6) is 0 Å². The van der Waals surface area contributed by atoms with E-state index in [4.69, 9.17) is 0 Å². The molecule has 2 heterocycles. The molecular formula is C22H25N3O3S2. The van der Waals surface area contributed by atoms with Gasteiger partial charge in [0.25, 0.3) is 15.9 Å². The Morgan fingerprint density at radius 1 is 1.17 bits per heavy atom. The van der Waals surface area contributed by atoms with Crippen LogP contribution in [0.3, 0.4) is 0 Å². The first kappa shape index (κ1) is 20.8. The van der Waals surface area contributed by atoms with Gasteiger partial charge >= 0.3 is 0 Å². The van der Waals surface area contributed by atoms with E-state index in [0.717, 1.165) is 48.0 Å². The number of thiophene rings is 1. The maximum atomic E-state index is 13.1. The van der Waals surface area contributed by atoms with E-state index in [1.807, 2.05) is 24.3 Å². The number of rotatable bonds is 7. The molecular weight excluding hydrogens is 418 g/mol. The Morgan fingerprint density at radius 2 is 1.93 bits per heavy atom. The summed E-state index contributed by atoms with van der Waals surface area (Å²) < 4.78 is 28.4. The summed E-state index contributed by atoms with van der Waals surface area (Å²) in [6.45, 7) is 4.69. The van der Waals surface area contributed by atoms with Gasteiger partial charge in [0.1, 0.15) is 4.21 Å². The second-order valence-corrected chi connectivity index (χ2v) is 10.3. The molecule has 30 heavy (non-hydrogen) atoms. The zero-order valence-electron chi connectivity index (χ0n) is 16.8. The van der Waals surface area contributed by atoms with Crippen molar-refractivity contribution < 1.29 is 13.2 Å². The Labute approximate surface area is 181 Å². The highest BCUT2D eigenvalue weighted by Gasteiger charge is 2.25. The highest BCUT2D eigenvalue weighted by atomic mass is 32.2. The van der Waals surface area contributed by atoms with E-state index in [-0.39, 0.29) is 10.1 Å². The number of hydrogen-bond donors (Lipinski definition) is 2. The lowest BCUT2D eigenvalue weighted by atomic mass is 10.0. The SMILES string of the molecule is CCN1CCC[C@H]1CNC(=O)c1cc2ccccc2cc1NS(=O)(=O)c1cccs1. The van der Waals surface area contributed by atoms with Crippen molar-refractivity contribution in [3.05, 3.63) is 59.5 Å². The molecule has 1 aliphatic heterocycles. The number of likely N-dealkylation sites (N-methyl/N-ethyl adjacent to an activating group) is 1. The third-order valence-corrected chi connectivity index (χ3v) is 8.30. The molecule has 2 N–H and O–H groups in total. The first-order valence-corrected chi connectivity index (χ1v) is 12.5. The number of anilines is 1. The lowest BCUT2D eigenvalue weighted by Gasteiger charge is -2.23. The lowest BCUT2D eigenvalue weighted by molar-refractivity contribution is 0.0942. The molecule has 8 heteroatoms. The van der Waals surface area contributed by atoms with Crippen LogP contribution < -0.4 is 10.0 Å². The van der Waals surface area contributed by atoms with Crippen molar-refractivity contribution >= 4 is 43.7 Å². The van der Waals surface area contributed by atoms with Crippen molar-refractivity contribution in [1.82, 2.24) is 10.2 Å². The number of benzene rings is 2. The molecule has 3 aromatic rings. The number of carbonyl (C=O) groups excluding carboxylic acids is 1. The van der Waals surface area contributed by atoms with Crippen LogP contribution in [0.1, 0.15) is 30.1 Å². The Morgan fingerprint density at radius 3 is 2.63 bits per heavy atom. The normalized spacial score (nSPS) is 17.3. The molecule has 1 aliphatic rings. The maximum absolute atomic E-state index is 13.1. The molecule has 0 aliphatic carbocycles. The molecule has 1 aromatic heterocycles. The fourth-order valence-electron chi connectivity index (χ4n) is 3.97. The number of nitrogens with zero attached hydrogens (tertiary/aromatic N) is 1. The molecule has 1 fully saturated rings. The van der Waals surface area contributed by atoms with Crippen LogP contribution >= 0.6 is 11.3 Å². The molecule has 158 valence electrons. The molecule has 1 amide bonds. The summed E-state index contributed by atoms with van der Waals surface area (Å²) in [6.07, 6.45) is 2.19. The average molecular weight is 444 g/mol. The van der Waals surface area contributed by atoms with E-state index in [1.54, 1.807) is 29.6 Å². The van der Waals surface area contributed by atoms with Crippen molar-refractivity contribution in [2.75, 3.05) is 24.4 Å².